The molecule has 4 heterocycles. The molecule has 0 spiro atoms. The first-order valence-corrected chi connectivity index (χ1v) is 13.3. The minimum absolute atomic E-state index is 0.0185. The van der Waals surface area contributed by atoms with E-state index in [1.807, 2.05) is 46.8 Å². The average Bonchev–Trinajstić information content (AvgIpc) is 3.33. The van der Waals surface area contributed by atoms with Gasteiger partial charge in [0.2, 0.25) is 5.91 Å². The Morgan fingerprint density at radius 2 is 2.00 bits per heavy atom. The molecule has 2 aromatic heterocycles. The molecular weight excluding hydrogens is 490 g/mol. The number of anilines is 1. The fraction of sp³-hybridized carbons (Fsp3) is 0.429. The van der Waals surface area contributed by atoms with Crippen LogP contribution in [-0.4, -0.2) is 69.1 Å². The second-order valence-electron chi connectivity index (χ2n) is 9.85. The van der Waals surface area contributed by atoms with Crippen molar-refractivity contribution in [1.29, 1.82) is 0 Å². The smallest absolute Gasteiger partial charge is 0.222 e. The van der Waals surface area contributed by atoms with E-state index < -0.39 is 0 Å². The fourth-order valence-corrected chi connectivity index (χ4v) is 5.39. The molecule has 9 heteroatoms. The Morgan fingerprint density at radius 1 is 1.22 bits per heavy atom. The normalized spacial score (nSPS) is 17.0. The first kappa shape index (κ1) is 25.4. The van der Waals surface area contributed by atoms with Gasteiger partial charge in [0.15, 0.2) is 5.82 Å². The van der Waals surface area contributed by atoms with Gasteiger partial charge in [-0.05, 0) is 53.7 Å². The fourth-order valence-electron chi connectivity index (χ4n) is 5.26. The van der Waals surface area contributed by atoms with Crippen LogP contribution >= 0.6 is 11.6 Å². The van der Waals surface area contributed by atoms with E-state index in [4.69, 9.17) is 11.6 Å². The number of aromatic nitrogens is 3. The molecule has 0 saturated carbocycles. The van der Waals surface area contributed by atoms with Crippen molar-refractivity contribution in [3.63, 3.8) is 0 Å². The summed E-state index contributed by atoms with van der Waals surface area (Å²) in [5.41, 5.74) is 4.25. The number of amides is 1. The Balaban J connectivity index is 1.25. The molecule has 8 nitrogen and oxygen atoms in total. The largest absolute Gasteiger partial charge is 0.396 e. The Morgan fingerprint density at radius 3 is 2.68 bits per heavy atom. The summed E-state index contributed by atoms with van der Waals surface area (Å²) in [5.74, 6) is 1.15. The summed E-state index contributed by atoms with van der Waals surface area (Å²) in [5, 5.41) is 14.6. The van der Waals surface area contributed by atoms with Crippen LogP contribution in [0.1, 0.15) is 49.7 Å². The molecule has 2 aliphatic heterocycles. The van der Waals surface area contributed by atoms with Gasteiger partial charge in [-0.2, -0.15) is 5.10 Å². The van der Waals surface area contributed by atoms with Crippen LogP contribution in [0.25, 0.3) is 11.1 Å². The van der Waals surface area contributed by atoms with Crippen molar-refractivity contribution in [2.24, 2.45) is 5.92 Å². The second kappa shape index (κ2) is 11.0. The number of aliphatic hydroxyl groups excluding tert-OH is 1. The molecule has 194 valence electrons. The summed E-state index contributed by atoms with van der Waals surface area (Å²) in [6.45, 7) is 4.53. The molecule has 3 aromatic rings. The highest BCUT2D eigenvalue weighted by Gasteiger charge is 2.35. The Bertz CT molecular complexity index is 1310. The molecule has 1 N–H and O–H groups in total. The zero-order chi connectivity index (χ0) is 25.9. The first-order valence-electron chi connectivity index (χ1n) is 12.9. The van der Waals surface area contributed by atoms with Gasteiger partial charge in [-0.25, -0.2) is 9.50 Å². The van der Waals surface area contributed by atoms with Gasteiger partial charge in [-0.15, -0.1) is 0 Å². The van der Waals surface area contributed by atoms with Gasteiger partial charge >= 0.3 is 0 Å². The summed E-state index contributed by atoms with van der Waals surface area (Å²) < 4.78 is 1.84. The van der Waals surface area contributed by atoms with Crippen LogP contribution in [0.5, 0.6) is 0 Å². The number of ketones is 1. The highest BCUT2D eigenvalue weighted by molar-refractivity contribution is 6.30. The van der Waals surface area contributed by atoms with Gasteiger partial charge in [0, 0.05) is 56.8 Å². The third kappa shape index (κ3) is 5.40. The lowest BCUT2D eigenvalue weighted by Gasteiger charge is -2.39. The number of carbonyl (C=O) groups is 2. The zero-order valence-electron chi connectivity index (χ0n) is 21.0. The number of hydrogen-bond acceptors (Lipinski definition) is 6. The summed E-state index contributed by atoms with van der Waals surface area (Å²) in [6, 6.07) is 9.63. The maximum atomic E-state index is 13.1. The lowest BCUT2D eigenvalue weighted by atomic mass is 9.84. The number of hydrogen-bond donors (Lipinski definition) is 1. The second-order valence-corrected chi connectivity index (χ2v) is 10.3. The van der Waals surface area contributed by atoms with Gasteiger partial charge < -0.3 is 14.9 Å². The van der Waals surface area contributed by atoms with E-state index in [0.29, 0.717) is 43.9 Å². The maximum Gasteiger partial charge on any atom is 0.222 e. The summed E-state index contributed by atoms with van der Waals surface area (Å²) >= 11 is 6.01. The van der Waals surface area contributed by atoms with E-state index in [-0.39, 0.29) is 30.1 Å². The molecule has 1 aromatic carbocycles. The number of carbonyl (C=O) groups excluding carboxylic acids is 2. The monoisotopic (exact) mass is 521 g/mol. The topological polar surface area (TPSA) is 91.0 Å². The van der Waals surface area contributed by atoms with Crippen molar-refractivity contribution < 1.29 is 14.7 Å². The molecule has 2 aliphatic rings. The molecule has 1 saturated heterocycles. The van der Waals surface area contributed by atoms with Crippen LogP contribution in [0.3, 0.4) is 0 Å². The van der Waals surface area contributed by atoms with Crippen LogP contribution < -0.4 is 4.90 Å². The molecule has 1 atom stereocenters. The van der Waals surface area contributed by atoms with Gasteiger partial charge in [-0.3, -0.25) is 9.59 Å². The van der Waals surface area contributed by atoms with Gasteiger partial charge in [0.1, 0.15) is 17.6 Å². The predicted octanol–water partition coefficient (Wildman–Crippen LogP) is 3.97. The highest BCUT2D eigenvalue weighted by Crippen LogP contribution is 2.33. The van der Waals surface area contributed by atoms with Crippen LogP contribution in [-0.2, 0) is 9.59 Å². The molecule has 0 bridgehead atoms. The van der Waals surface area contributed by atoms with Gasteiger partial charge in [0.25, 0.3) is 0 Å². The minimum atomic E-state index is -0.0546. The van der Waals surface area contributed by atoms with E-state index >= 15 is 0 Å². The van der Waals surface area contributed by atoms with Crippen molar-refractivity contribution in [3.05, 3.63) is 65.1 Å². The first-order chi connectivity index (χ1) is 18.0. The zero-order valence-corrected chi connectivity index (χ0v) is 21.8. The predicted molar refractivity (Wildman–Crippen MR) is 144 cm³/mol. The van der Waals surface area contributed by atoms with Crippen molar-refractivity contribution in [2.45, 2.75) is 38.5 Å². The Hall–Kier alpha value is -3.23. The standard InChI is InChI=1S/C28H32ClN5O3/c1-2-27(37)32-10-7-20(8-11-32)22-13-25-28(30-18-31-34(25)17-22)33-15-23(16-33)26(36)14-21(9-12-35)19-3-5-24(29)6-4-19/h3-7,13,17-18,21,23,35H,2,8-12,14-16H2,1H3/t21-/m1/s1. The number of halogens is 1. The van der Waals surface area contributed by atoms with E-state index in [1.165, 1.54) is 5.57 Å². The Kier molecular flexibility index (Phi) is 7.58. The minimum Gasteiger partial charge on any atom is -0.396 e. The SMILES string of the molecule is CCC(=O)N1CC=C(c2cc3c(N4CC(C(=O)C[C@@H](CCO)c5ccc(Cl)cc5)C4)ncnn3c2)CC1. The number of nitrogens with zero attached hydrogens (tertiary/aromatic N) is 5. The van der Waals surface area contributed by atoms with Crippen molar-refractivity contribution in [3.8, 4) is 0 Å². The molecule has 1 amide bonds. The van der Waals surface area contributed by atoms with Gasteiger partial charge in [0.05, 0.1) is 5.92 Å². The number of aliphatic hydroxyl groups is 1. The summed E-state index contributed by atoms with van der Waals surface area (Å²) in [7, 11) is 0. The molecule has 37 heavy (non-hydrogen) atoms. The van der Waals surface area contributed by atoms with Crippen molar-refractivity contribution >= 4 is 40.2 Å². The van der Waals surface area contributed by atoms with Crippen LogP contribution in [0.2, 0.25) is 5.02 Å². The molecule has 0 radical (unpaired) electrons. The highest BCUT2D eigenvalue weighted by atomic mass is 35.5. The molecule has 5 rings (SSSR count). The average molecular weight is 522 g/mol. The lowest BCUT2D eigenvalue weighted by Crippen LogP contribution is -2.51. The quantitative estimate of drug-likeness (QED) is 0.458. The third-order valence-electron chi connectivity index (χ3n) is 7.52. The number of rotatable bonds is 9. The Labute approximate surface area is 221 Å². The van der Waals surface area contributed by atoms with Crippen LogP contribution in [0, 0.1) is 5.92 Å². The molecule has 1 fully saturated rings. The van der Waals surface area contributed by atoms with Crippen LogP contribution in [0.4, 0.5) is 5.82 Å². The molecule has 0 unspecified atom stereocenters. The van der Waals surface area contributed by atoms with Gasteiger partial charge in [-0.1, -0.05) is 36.7 Å². The van der Waals surface area contributed by atoms with E-state index in [1.54, 1.807) is 6.33 Å². The van der Waals surface area contributed by atoms with Crippen LogP contribution in [0.15, 0.2) is 48.9 Å². The van der Waals surface area contributed by atoms with Crippen molar-refractivity contribution in [2.75, 3.05) is 37.7 Å². The van der Waals surface area contributed by atoms with E-state index in [0.717, 1.165) is 35.4 Å². The maximum absolute atomic E-state index is 13.1. The molecule has 0 aliphatic carbocycles. The third-order valence-corrected chi connectivity index (χ3v) is 7.78. The number of fused-ring (bicyclic) bond motifs is 1. The number of benzene rings is 1. The number of Topliss-reactive ketones (excluding diaryl/α,β-unsaturated/α-hetero) is 1. The molecular formula is C28H32ClN5O3. The van der Waals surface area contributed by atoms with E-state index in [9.17, 15) is 14.7 Å². The van der Waals surface area contributed by atoms with Crippen molar-refractivity contribution in [1.82, 2.24) is 19.5 Å². The lowest BCUT2D eigenvalue weighted by molar-refractivity contribution is -0.130. The summed E-state index contributed by atoms with van der Waals surface area (Å²) in [6.07, 6.45) is 7.98. The van der Waals surface area contributed by atoms with E-state index in [2.05, 4.69) is 27.1 Å². The summed E-state index contributed by atoms with van der Waals surface area (Å²) in [4.78, 5) is 33.6.